The molecular weight excluding hydrogens is 398 g/mol. The molecule has 3 aromatic rings. The molecule has 0 aliphatic carbocycles. The lowest BCUT2D eigenvalue weighted by Gasteiger charge is -2.13. The van der Waals surface area contributed by atoms with Gasteiger partial charge in [-0.2, -0.15) is 9.78 Å². The molecule has 0 unspecified atom stereocenters. The molecule has 1 N–H and O–H groups in total. The summed E-state index contributed by atoms with van der Waals surface area (Å²) in [5.74, 6) is -1.63. The molecule has 3 rings (SSSR count). The average molecular weight is 419 g/mol. The maximum Gasteiger partial charge on any atom is 0.292 e. The van der Waals surface area contributed by atoms with Crippen LogP contribution < -0.4 is 15.8 Å². The standard InChI is InChI=1S/C21H21ClF2N4O/c1-27(2)16-8-5-14(6-9-16)4-3-11-25-18-13-26-28(21(29)20(18)22)19-10-7-15(23)12-17(19)24/h5-10,12-13,25H,3-4,11H2,1-2H3. The van der Waals surface area contributed by atoms with Gasteiger partial charge in [0.1, 0.15) is 16.5 Å². The van der Waals surface area contributed by atoms with E-state index >= 15 is 0 Å². The zero-order valence-corrected chi connectivity index (χ0v) is 16.9. The third-order valence-corrected chi connectivity index (χ3v) is 4.83. The van der Waals surface area contributed by atoms with Crippen LogP contribution in [0.4, 0.5) is 20.2 Å². The van der Waals surface area contributed by atoms with Crippen LogP contribution in [0.5, 0.6) is 0 Å². The highest BCUT2D eigenvalue weighted by atomic mass is 35.5. The minimum absolute atomic E-state index is 0.0981. The van der Waals surface area contributed by atoms with Crippen molar-refractivity contribution < 1.29 is 8.78 Å². The lowest BCUT2D eigenvalue weighted by atomic mass is 10.1. The SMILES string of the molecule is CN(C)c1ccc(CCCNc2cnn(-c3ccc(F)cc3F)c(=O)c2Cl)cc1. The molecule has 1 aromatic heterocycles. The minimum Gasteiger partial charge on any atom is -0.382 e. The molecule has 0 aliphatic rings. The molecule has 152 valence electrons. The highest BCUT2D eigenvalue weighted by molar-refractivity contribution is 6.32. The third kappa shape index (κ3) is 4.92. The molecule has 0 spiro atoms. The van der Waals surface area contributed by atoms with Gasteiger partial charge in [-0.05, 0) is 42.7 Å². The van der Waals surface area contributed by atoms with Crippen molar-refractivity contribution in [2.75, 3.05) is 30.9 Å². The molecule has 8 heteroatoms. The van der Waals surface area contributed by atoms with E-state index in [4.69, 9.17) is 11.6 Å². The van der Waals surface area contributed by atoms with E-state index in [1.807, 2.05) is 19.0 Å². The quantitative estimate of drug-likeness (QED) is 0.582. The predicted molar refractivity (Wildman–Crippen MR) is 112 cm³/mol. The van der Waals surface area contributed by atoms with E-state index < -0.39 is 17.2 Å². The van der Waals surface area contributed by atoms with Gasteiger partial charge in [-0.3, -0.25) is 4.79 Å². The second kappa shape index (κ2) is 9.05. The van der Waals surface area contributed by atoms with Crippen LogP contribution in [0.3, 0.4) is 0 Å². The van der Waals surface area contributed by atoms with Crippen molar-refractivity contribution in [2.24, 2.45) is 0 Å². The van der Waals surface area contributed by atoms with Crippen LogP contribution >= 0.6 is 11.6 Å². The minimum atomic E-state index is -0.892. The second-order valence-electron chi connectivity index (χ2n) is 6.78. The topological polar surface area (TPSA) is 50.2 Å². The van der Waals surface area contributed by atoms with Crippen molar-refractivity contribution in [3.05, 3.63) is 81.2 Å². The molecule has 1 heterocycles. The van der Waals surface area contributed by atoms with E-state index in [1.54, 1.807) is 0 Å². The molecule has 0 bridgehead atoms. The van der Waals surface area contributed by atoms with Crippen LogP contribution in [0.15, 0.2) is 53.5 Å². The van der Waals surface area contributed by atoms with E-state index in [0.29, 0.717) is 18.3 Å². The number of nitrogens with one attached hydrogen (secondary N) is 1. The Morgan fingerprint density at radius 2 is 1.86 bits per heavy atom. The first kappa shape index (κ1) is 20.8. The van der Waals surface area contributed by atoms with Gasteiger partial charge in [-0.1, -0.05) is 23.7 Å². The summed E-state index contributed by atoms with van der Waals surface area (Å²) in [6, 6.07) is 11.2. The first-order valence-electron chi connectivity index (χ1n) is 9.10. The third-order valence-electron chi connectivity index (χ3n) is 4.47. The van der Waals surface area contributed by atoms with Crippen LogP contribution in [0.25, 0.3) is 5.69 Å². The fourth-order valence-electron chi connectivity index (χ4n) is 2.86. The maximum absolute atomic E-state index is 13.9. The van der Waals surface area contributed by atoms with E-state index in [2.05, 4.69) is 34.7 Å². The van der Waals surface area contributed by atoms with Crippen LogP contribution in [-0.4, -0.2) is 30.4 Å². The average Bonchev–Trinajstić information content (AvgIpc) is 2.69. The van der Waals surface area contributed by atoms with Crippen molar-refractivity contribution in [1.29, 1.82) is 0 Å². The Labute approximate surface area is 172 Å². The van der Waals surface area contributed by atoms with Gasteiger partial charge in [0.05, 0.1) is 11.9 Å². The molecule has 0 radical (unpaired) electrons. The summed E-state index contributed by atoms with van der Waals surface area (Å²) < 4.78 is 27.8. The number of halogens is 3. The second-order valence-corrected chi connectivity index (χ2v) is 7.15. The molecule has 0 amide bonds. The summed E-state index contributed by atoms with van der Waals surface area (Å²) >= 11 is 6.14. The zero-order chi connectivity index (χ0) is 21.0. The molecule has 0 fully saturated rings. The molecule has 2 aromatic carbocycles. The van der Waals surface area contributed by atoms with Gasteiger partial charge in [-0.25, -0.2) is 8.78 Å². The Kier molecular flexibility index (Phi) is 6.49. The summed E-state index contributed by atoms with van der Waals surface area (Å²) in [7, 11) is 3.99. The first-order chi connectivity index (χ1) is 13.9. The van der Waals surface area contributed by atoms with E-state index in [9.17, 15) is 13.6 Å². The van der Waals surface area contributed by atoms with Crippen molar-refractivity contribution in [3.8, 4) is 5.69 Å². The number of nitrogens with zero attached hydrogens (tertiary/aromatic N) is 3. The van der Waals surface area contributed by atoms with Crippen molar-refractivity contribution in [3.63, 3.8) is 0 Å². The lowest BCUT2D eigenvalue weighted by molar-refractivity contribution is 0.570. The van der Waals surface area contributed by atoms with Crippen LogP contribution in [0.2, 0.25) is 5.02 Å². The van der Waals surface area contributed by atoms with Crippen LogP contribution in [0, 0.1) is 11.6 Å². The van der Waals surface area contributed by atoms with Crippen molar-refractivity contribution >= 4 is 23.0 Å². The first-order valence-corrected chi connectivity index (χ1v) is 9.48. The van der Waals surface area contributed by atoms with Crippen LogP contribution in [0.1, 0.15) is 12.0 Å². The van der Waals surface area contributed by atoms with Gasteiger partial charge >= 0.3 is 0 Å². The molecule has 0 saturated heterocycles. The Balaban J connectivity index is 1.63. The Hall–Kier alpha value is -2.93. The number of hydrogen-bond acceptors (Lipinski definition) is 4. The number of anilines is 2. The number of rotatable bonds is 7. The number of aryl methyl sites for hydroxylation is 1. The van der Waals surface area contributed by atoms with Gasteiger partial charge in [0, 0.05) is 32.4 Å². The number of benzene rings is 2. The van der Waals surface area contributed by atoms with Gasteiger partial charge in [0.2, 0.25) is 0 Å². The Bertz CT molecular complexity index is 1050. The van der Waals surface area contributed by atoms with Crippen molar-refractivity contribution in [2.45, 2.75) is 12.8 Å². The van der Waals surface area contributed by atoms with Gasteiger partial charge in [0.15, 0.2) is 5.82 Å². The highest BCUT2D eigenvalue weighted by Gasteiger charge is 2.14. The van der Waals surface area contributed by atoms with E-state index in [0.717, 1.165) is 35.3 Å². The monoisotopic (exact) mass is 418 g/mol. The Morgan fingerprint density at radius 3 is 2.52 bits per heavy atom. The van der Waals surface area contributed by atoms with Gasteiger partial charge in [0.25, 0.3) is 5.56 Å². The summed E-state index contributed by atoms with van der Waals surface area (Å²) in [5, 5.41) is 6.94. The summed E-state index contributed by atoms with van der Waals surface area (Å²) in [6.45, 7) is 0.588. The molecule has 0 atom stereocenters. The molecule has 29 heavy (non-hydrogen) atoms. The smallest absolute Gasteiger partial charge is 0.292 e. The van der Waals surface area contributed by atoms with Crippen molar-refractivity contribution in [1.82, 2.24) is 9.78 Å². The fraction of sp³-hybridized carbons (Fsp3) is 0.238. The molecule has 0 saturated carbocycles. The van der Waals surface area contributed by atoms with Gasteiger partial charge < -0.3 is 10.2 Å². The zero-order valence-electron chi connectivity index (χ0n) is 16.1. The number of hydrogen-bond donors (Lipinski definition) is 1. The highest BCUT2D eigenvalue weighted by Crippen LogP contribution is 2.19. The normalized spacial score (nSPS) is 10.8. The number of aromatic nitrogens is 2. The Morgan fingerprint density at radius 1 is 1.14 bits per heavy atom. The summed E-state index contributed by atoms with van der Waals surface area (Å²) in [4.78, 5) is 14.5. The predicted octanol–water partition coefficient (Wildman–Crippen LogP) is 4.27. The summed E-state index contributed by atoms with van der Waals surface area (Å²) in [6.07, 6.45) is 3.05. The lowest BCUT2D eigenvalue weighted by Crippen LogP contribution is -2.23. The molecule has 0 aliphatic heterocycles. The summed E-state index contributed by atoms with van der Waals surface area (Å²) in [5.41, 5.74) is 1.89. The van der Waals surface area contributed by atoms with E-state index in [1.165, 1.54) is 11.8 Å². The largest absolute Gasteiger partial charge is 0.382 e. The molecule has 5 nitrogen and oxygen atoms in total. The fourth-order valence-corrected chi connectivity index (χ4v) is 3.05. The molecular formula is C21H21ClF2N4O. The maximum atomic E-state index is 13.9. The van der Waals surface area contributed by atoms with Crippen LogP contribution in [-0.2, 0) is 6.42 Å². The van der Waals surface area contributed by atoms with E-state index in [-0.39, 0.29) is 10.7 Å². The van der Waals surface area contributed by atoms with Gasteiger partial charge in [-0.15, -0.1) is 0 Å².